The topological polar surface area (TPSA) is 67.4 Å². The Morgan fingerprint density at radius 3 is 2.81 bits per heavy atom. The van der Waals surface area contributed by atoms with Crippen molar-refractivity contribution in [2.24, 2.45) is 0 Å². The summed E-state index contributed by atoms with van der Waals surface area (Å²) in [5.74, 6) is -1.74. The normalized spacial score (nSPS) is 9.38. The van der Waals surface area contributed by atoms with Crippen molar-refractivity contribution in [2.75, 3.05) is 12.0 Å². The Labute approximate surface area is 101 Å². The zero-order valence-corrected chi connectivity index (χ0v) is 10.2. The number of carbonyl (C=O) groups excluding carboxylic acids is 2. The van der Waals surface area contributed by atoms with Crippen molar-refractivity contribution >= 4 is 33.5 Å². The van der Waals surface area contributed by atoms with E-state index in [9.17, 15) is 9.59 Å². The molecule has 0 aliphatic heterocycles. The van der Waals surface area contributed by atoms with Crippen LogP contribution in [-0.2, 0) is 14.3 Å². The highest BCUT2D eigenvalue weighted by Gasteiger charge is 2.13. The van der Waals surface area contributed by atoms with Crippen LogP contribution in [0.1, 0.15) is 6.92 Å². The fraction of sp³-hybridized carbons (Fsp3) is 0.200. The molecule has 0 unspecified atom stereocenters. The molecular weight excluding hydrogens is 276 g/mol. The Hall–Kier alpha value is -1.56. The number of hydrogen-bond acceptors (Lipinski definition) is 4. The number of rotatable bonds is 3. The number of anilines is 1. The van der Waals surface area contributed by atoms with Crippen LogP contribution in [0.15, 0.2) is 28.7 Å². The molecule has 0 fully saturated rings. The van der Waals surface area contributed by atoms with Gasteiger partial charge in [-0.1, -0.05) is 22.0 Å². The molecule has 0 aliphatic carbocycles. The number of amides is 1. The van der Waals surface area contributed by atoms with Gasteiger partial charge in [0, 0.05) is 4.47 Å². The summed E-state index contributed by atoms with van der Waals surface area (Å²) in [6.07, 6.45) is 0. The lowest BCUT2D eigenvalue weighted by atomic mass is 10.3. The Balaban J connectivity index is 2.46. The lowest BCUT2D eigenvalue weighted by molar-refractivity contribution is -0.154. The molecule has 86 valence electrons. The second-order valence-electron chi connectivity index (χ2n) is 2.81. The molecule has 0 saturated carbocycles. The van der Waals surface area contributed by atoms with Crippen LogP contribution in [0.25, 0.3) is 0 Å². The van der Waals surface area contributed by atoms with Gasteiger partial charge in [0.1, 0.15) is 0 Å². The molecule has 0 bridgehead atoms. The molecule has 1 amide bonds. The van der Waals surface area contributed by atoms with Gasteiger partial charge < -0.3 is 4.74 Å². The average Bonchev–Trinajstić information content (AvgIpc) is 2.26. The van der Waals surface area contributed by atoms with Crippen LogP contribution in [0.3, 0.4) is 0 Å². The SMILES string of the molecule is CCOC(=O)C(=O)NNc1cccc(Br)c1. The third-order valence-corrected chi connectivity index (χ3v) is 2.10. The van der Waals surface area contributed by atoms with Crippen LogP contribution in [0, 0.1) is 0 Å². The fourth-order valence-corrected chi connectivity index (χ4v) is 1.34. The van der Waals surface area contributed by atoms with E-state index in [4.69, 9.17) is 0 Å². The van der Waals surface area contributed by atoms with Crippen LogP contribution in [0.4, 0.5) is 5.69 Å². The molecule has 1 rings (SSSR count). The van der Waals surface area contributed by atoms with E-state index >= 15 is 0 Å². The lowest BCUT2D eigenvalue weighted by Crippen LogP contribution is -2.36. The van der Waals surface area contributed by atoms with Crippen molar-refractivity contribution in [1.29, 1.82) is 0 Å². The van der Waals surface area contributed by atoms with Crippen molar-refractivity contribution in [3.05, 3.63) is 28.7 Å². The van der Waals surface area contributed by atoms with Gasteiger partial charge in [-0.25, -0.2) is 4.79 Å². The minimum absolute atomic E-state index is 0.170. The zero-order valence-electron chi connectivity index (χ0n) is 8.62. The first kappa shape index (κ1) is 12.5. The molecule has 0 radical (unpaired) electrons. The first-order valence-electron chi connectivity index (χ1n) is 4.62. The Kier molecular flexibility index (Phi) is 4.78. The third-order valence-electron chi connectivity index (χ3n) is 1.61. The molecule has 1 aromatic carbocycles. The number of benzene rings is 1. The first-order valence-corrected chi connectivity index (χ1v) is 5.41. The van der Waals surface area contributed by atoms with Crippen LogP contribution < -0.4 is 10.9 Å². The van der Waals surface area contributed by atoms with E-state index in [1.54, 1.807) is 25.1 Å². The number of nitrogens with one attached hydrogen (secondary N) is 2. The summed E-state index contributed by atoms with van der Waals surface area (Å²) in [6, 6.07) is 7.14. The van der Waals surface area contributed by atoms with E-state index in [2.05, 4.69) is 31.5 Å². The highest BCUT2D eigenvalue weighted by molar-refractivity contribution is 9.10. The summed E-state index contributed by atoms with van der Waals surface area (Å²) >= 11 is 3.28. The lowest BCUT2D eigenvalue weighted by Gasteiger charge is -2.07. The molecule has 0 heterocycles. The molecule has 0 spiro atoms. The fourth-order valence-electron chi connectivity index (χ4n) is 0.943. The van der Waals surface area contributed by atoms with Gasteiger partial charge in [0.15, 0.2) is 0 Å². The molecule has 0 saturated heterocycles. The molecule has 6 heteroatoms. The van der Waals surface area contributed by atoms with E-state index in [-0.39, 0.29) is 6.61 Å². The van der Waals surface area contributed by atoms with Crippen LogP contribution in [-0.4, -0.2) is 18.5 Å². The van der Waals surface area contributed by atoms with E-state index in [0.717, 1.165) is 4.47 Å². The average molecular weight is 287 g/mol. The minimum atomic E-state index is -0.912. The molecule has 0 aromatic heterocycles. The molecule has 5 nitrogen and oxygen atoms in total. The zero-order chi connectivity index (χ0) is 12.0. The van der Waals surface area contributed by atoms with E-state index in [0.29, 0.717) is 5.69 Å². The third kappa shape index (κ3) is 3.90. The largest absolute Gasteiger partial charge is 0.459 e. The summed E-state index contributed by atoms with van der Waals surface area (Å²) in [5.41, 5.74) is 5.48. The summed E-state index contributed by atoms with van der Waals surface area (Å²) in [6.45, 7) is 1.80. The van der Waals surface area contributed by atoms with Gasteiger partial charge in [-0.3, -0.25) is 15.6 Å². The minimum Gasteiger partial charge on any atom is -0.459 e. The van der Waals surface area contributed by atoms with Crippen molar-refractivity contribution < 1.29 is 14.3 Å². The number of hydrogen-bond donors (Lipinski definition) is 2. The molecular formula is C10H11BrN2O3. The highest BCUT2D eigenvalue weighted by Crippen LogP contribution is 2.14. The van der Waals surface area contributed by atoms with Gasteiger partial charge in [0.2, 0.25) is 0 Å². The molecule has 2 N–H and O–H groups in total. The Morgan fingerprint density at radius 2 is 2.19 bits per heavy atom. The van der Waals surface area contributed by atoms with Crippen molar-refractivity contribution in [3.8, 4) is 0 Å². The van der Waals surface area contributed by atoms with E-state index in [1.165, 1.54) is 0 Å². The Bertz CT molecular complexity index is 395. The number of esters is 1. The van der Waals surface area contributed by atoms with Gasteiger partial charge in [0.25, 0.3) is 0 Å². The standard InChI is InChI=1S/C10H11BrN2O3/c1-2-16-10(15)9(14)13-12-8-5-3-4-7(11)6-8/h3-6,12H,2H2,1H3,(H,13,14). The summed E-state index contributed by atoms with van der Waals surface area (Å²) in [7, 11) is 0. The second kappa shape index (κ2) is 6.12. The van der Waals surface area contributed by atoms with E-state index in [1.807, 2.05) is 6.07 Å². The summed E-state index contributed by atoms with van der Waals surface area (Å²) < 4.78 is 5.38. The number of halogens is 1. The van der Waals surface area contributed by atoms with E-state index < -0.39 is 11.9 Å². The maximum atomic E-state index is 11.1. The maximum Gasteiger partial charge on any atom is 0.398 e. The van der Waals surface area contributed by atoms with Crippen molar-refractivity contribution in [3.63, 3.8) is 0 Å². The first-order chi connectivity index (χ1) is 7.63. The predicted molar refractivity (Wildman–Crippen MR) is 62.5 cm³/mol. The van der Waals surface area contributed by atoms with Gasteiger partial charge in [-0.15, -0.1) is 0 Å². The number of ether oxygens (including phenoxy) is 1. The molecule has 0 aliphatic rings. The van der Waals surface area contributed by atoms with Crippen molar-refractivity contribution in [1.82, 2.24) is 5.43 Å². The molecule has 1 aromatic rings. The van der Waals surface area contributed by atoms with Crippen LogP contribution in [0.2, 0.25) is 0 Å². The highest BCUT2D eigenvalue weighted by atomic mass is 79.9. The summed E-state index contributed by atoms with van der Waals surface area (Å²) in [5, 5.41) is 0. The van der Waals surface area contributed by atoms with Gasteiger partial charge >= 0.3 is 11.9 Å². The maximum absolute atomic E-state index is 11.1. The molecule has 0 atom stereocenters. The van der Waals surface area contributed by atoms with Gasteiger partial charge in [0.05, 0.1) is 12.3 Å². The van der Waals surface area contributed by atoms with Crippen LogP contribution >= 0.6 is 15.9 Å². The monoisotopic (exact) mass is 286 g/mol. The predicted octanol–water partition coefficient (Wildman–Crippen LogP) is 1.46. The second-order valence-corrected chi connectivity index (χ2v) is 3.73. The quantitative estimate of drug-likeness (QED) is 0.501. The molecule has 16 heavy (non-hydrogen) atoms. The van der Waals surface area contributed by atoms with Crippen LogP contribution in [0.5, 0.6) is 0 Å². The summed E-state index contributed by atoms with van der Waals surface area (Å²) in [4.78, 5) is 22.1. The number of carbonyl (C=O) groups is 2. The smallest absolute Gasteiger partial charge is 0.398 e. The number of hydrazine groups is 1. The van der Waals surface area contributed by atoms with Crippen molar-refractivity contribution in [2.45, 2.75) is 6.92 Å². The van der Waals surface area contributed by atoms with Gasteiger partial charge in [-0.2, -0.15) is 0 Å². The van der Waals surface area contributed by atoms with Gasteiger partial charge in [-0.05, 0) is 25.1 Å². The Morgan fingerprint density at radius 1 is 1.44 bits per heavy atom.